The van der Waals surface area contributed by atoms with Gasteiger partial charge in [-0.2, -0.15) is 0 Å². The first kappa shape index (κ1) is 16.7. The maximum absolute atomic E-state index is 12.0. The lowest BCUT2D eigenvalue weighted by Gasteiger charge is -2.07. The van der Waals surface area contributed by atoms with E-state index < -0.39 is 4.92 Å². The molecule has 0 aliphatic rings. The molecule has 0 fully saturated rings. The van der Waals surface area contributed by atoms with Crippen LogP contribution in [0.25, 0.3) is 0 Å². The lowest BCUT2D eigenvalue weighted by atomic mass is 10.1. The molecule has 23 heavy (non-hydrogen) atoms. The summed E-state index contributed by atoms with van der Waals surface area (Å²) in [5.41, 5.74) is 1.02. The monoisotopic (exact) mass is 376 g/mol. The van der Waals surface area contributed by atoms with Gasteiger partial charge in [-0.15, -0.1) is 0 Å². The number of nitrogens with zero attached hydrogens (tertiary/aromatic N) is 1. The normalized spacial score (nSPS) is 10.5. The Morgan fingerprint density at radius 3 is 2.57 bits per heavy atom. The number of methoxy groups -OCH3 is 1. The van der Waals surface area contributed by atoms with Crippen LogP contribution in [-0.4, -0.2) is 17.8 Å². The molecule has 0 amide bonds. The number of benzene rings is 2. The summed E-state index contributed by atoms with van der Waals surface area (Å²) in [5.74, 6) is 0.158. The van der Waals surface area contributed by atoms with Crippen molar-refractivity contribution < 1.29 is 14.5 Å². The van der Waals surface area contributed by atoms with Gasteiger partial charge in [0.25, 0.3) is 5.69 Å². The zero-order valence-electron chi connectivity index (χ0n) is 12.2. The SMILES string of the molecule is COc1cc([N+](=O)[O-])ccc1N/C=C/C(=O)c1ccc(Br)cc1. The smallest absolute Gasteiger partial charge is 0.273 e. The third kappa shape index (κ3) is 4.40. The molecule has 0 radical (unpaired) electrons. The number of carbonyl (C=O) groups is 1. The van der Waals surface area contributed by atoms with Crippen LogP contribution in [0.2, 0.25) is 0 Å². The van der Waals surface area contributed by atoms with E-state index in [0.29, 0.717) is 17.0 Å². The molecule has 2 aromatic rings. The van der Waals surface area contributed by atoms with Crippen LogP contribution in [0.3, 0.4) is 0 Å². The number of ketones is 1. The van der Waals surface area contributed by atoms with Gasteiger partial charge in [-0.1, -0.05) is 15.9 Å². The Labute approximate surface area is 141 Å². The number of carbonyl (C=O) groups excluding carboxylic acids is 1. The predicted molar refractivity (Wildman–Crippen MR) is 90.9 cm³/mol. The molecule has 0 atom stereocenters. The molecule has 2 rings (SSSR count). The molecule has 0 aliphatic heterocycles. The highest BCUT2D eigenvalue weighted by Crippen LogP contribution is 2.28. The third-order valence-corrected chi connectivity index (χ3v) is 3.53. The van der Waals surface area contributed by atoms with Crippen LogP contribution in [0.15, 0.2) is 59.2 Å². The van der Waals surface area contributed by atoms with Crippen LogP contribution < -0.4 is 10.1 Å². The van der Waals surface area contributed by atoms with Crippen molar-refractivity contribution in [2.45, 2.75) is 0 Å². The van der Waals surface area contributed by atoms with Gasteiger partial charge in [-0.25, -0.2) is 0 Å². The van der Waals surface area contributed by atoms with Crippen molar-refractivity contribution in [3.8, 4) is 5.75 Å². The number of allylic oxidation sites excluding steroid dienone is 1. The first-order chi connectivity index (χ1) is 11.0. The fraction of sp³-hybridized carbons (Fsp3) is 0.0625. The zero-order valence-corrected chi connectivity index (χ0v) is 13.7. The fourth-order valence-electron chi connectivity index (χ4n) is 1.83. The molecule has 0 spiro atoms. The van der Waals surface area contributed by atoms with Crippen molar-refractivity contribution in [2.24, 2.45) is 0 Å². The summed E-state index contributed by atoms with van der Waals surface area (Å²) in [6, 6.07) is 11.2. The molecular formula is C16H13BrN2O4. The number of nitro groups is 1. The number of hydrogen-bond donors (Lipinski definition) is 1. The third-order valence-electron chi connectivity index (χ3n) is 3.00. The number of anilines is 1. The van der Waals surface area contributed by atoms with Crippen LogP contribution in [0, 0.1) is 10.1 Å². The van der Waals surface area contributed by atoms with E-state index in [1.165, 1.54) is 37.6 Å². The summed E-state index contributed by atoms with van der Waals surface area (Å²) >= 11 is 3.31. The Hall–Kier alpha value is -2.67. The number of halogens is 1. The van der Waals surface area contributed by atoms with E-state index in [1.54, 1.807) is 24.3 Å². The Bertz CT molecular complexity index is 757. The van der Waals surface area contributed by atoms with Gasteiger partial charge in [0.1, 0.15) is 5.75 Å². The lowest BCUT2D eigenvalue weighted by molar-refractivity contribution is -0.384. The lowest BCUT2D eigenvalue weighted by Crippen LogP contribution is -1.98. The molecule has 0 aliphatic carbocycles. The fourth-order valence-corrected chi connectivity index (χ4v) is 2.09. The molecule has 0 saturated heterocycles. The molecule has 0 bridgehead atoms. The van der Waals surface area contributed by atoms with Crippen LogP contribution in [0.1, 0.15) is 10.4 Å². The topological polar surface area (TPSA) is 81.5 Å². The number of hydrogen-bond acceptors (Lipinski definition) is 5. The Kier molecular flexibility index (Phi) is 5.48. The van der Waals surface area contributed by atoms with E-state index in [2.05, 4.69) is 21.2 Å². The van der Waals surface area contributed by atoms with E-state index in [4.69, 9.17) is 4.74 Å². The number of non-ortho nitro benzene ring substituents is 1. The summed E-state index contributed by atoms with van der Waals surface area (Å²) in [6.07, 6.45) is 2.85. The summed E-state index contributed by atoms with van der Waals surface area (Å²) in [6.45, 7) is 0. The molecule has 2 aromatic carbocycles. The summed E-state index contributed by atoms with van der Waals surface area (Å²) in [4.78, 5) is 22.2. The van der Waals surface area contributed by atoms with Crippen molar-refractivity contribution in [1.82, 2.24) is 0 Å². The molecule has 118 valence electrons. The minimum Gasteiger partial charge on any atom is -0.494 e. The van der Waals surface area contributed by atoms with Gasteiger partial charge in [-0.3, -0.25) is 14.9 Å². The standard InChI is InChI=1S/C16H13BrN2O4/c1-23-16-10-13(19(21)22)6-7-14(16)18-9-8-15(20)11-2-4-12(17)5-3-11/h2-10,18H,1H3/b9-8+. The van der Waals surface area contributed by atoms with Gasteiger partial charge >= 0.3 is 0 Å². The van der Waals surface area contributed by atoms with Crippen LogP contribution in [0.5, 0.6) is 5.75 Å². The molecular weight excluding hydrogens is 364 g/mol. The number of nitro benzene ring substituents is 1. The minimum absolute atomic E-state index is 0.0673. The van der Waals surface area contributed by atoms with E-state index in [1.807, 2.05) is 0 Å². The van der Waals surface area contributed by atoms with Crippen molar-refractivity contribution in [3.63, 3.8) is 0 Å². The first-order valence-electron chi connectivity index (χ1n) is 6.56. The second-order valence-corrected chi connectivity index (χ2v) is 5.41. The number of nitrogens with one attached hydrogen (secondary N) is 1. The highest BCUT2D eigenvalue weighted by Gasteiger charge is 2.10. The van der Waals surface area contributed by atoms with Gasteiger partial charge in [0.2, 0.25) is 0 Å². The number of ether oxygens (including phenoxy) is 1. The molecule has 0 saturated carbocycles. The molecule has 0 unspecified atom stereocenters. The summed E-state index contributed by atoms with van der Waals surface area (Å²) in [7, 11) is 1.42. The van der Waals surface area contributed by atoms with E-state index in [0.717, 1.165) is 4.47 Å². The average Bonchev–Trinajstić information content (AvgIpc) is 2.55. The Morgan fingerprint density at radius 2 is 1.96 bits per heavy atom. The van der Waals surface area contributed by atoms with Crippen molar-refractivity contribution in [3.05, 3.63) is 74.9 Å². The first-order valence-corrected chi connectivity index (χ1v) is 7.36. The highest BCUT2D eigenvalue weighted by molar-refractivity contribution is 9.10. The van der Waals surface area contributed by atoms with Crippen LogP contribution in [0.4, 0.5) is 11.4 Å². The van der Waals surface area contributed by atoms with E-state index >= 15 is 0 Å². The second-order valence-electron chi connectivity index (χ2n) is 4.49. The average molecular weight is 377 g/mol. The number of rotatable bonds is 6. The maximum Gasteiger partial charge on any atom is 0.273 e. The van der Waals surface area contributed by atoms with Gasteiger partial charge in [0, 0.05) is 28.4 Å². The zero-order chi connectivity index (χ0) is 16.8. The van der Waals surface area contributed by atoms with Crippen molar-refractivity contribution in [2.75, 3.05) is 12.4 Å². The van der Waals surface area contributed by atoms with Crippen LogP contribution in [-0.2, 0) is 0 Å². The Morgan fingerprint density at radius 1 is 1.26 bits per heavy atom. The van der Waals surface area contributed by atoms with Gasteiger partial charge in [0.15, 0.2) is 5.78 Å². The molecule has 0 aromatic heterocycles. The molecule has 1 N–H and O–H groups in total. The van der Waals surface area contributed by atoms with Gasteiger partial charge < -0.3 is 10.1 Å². The van der Waals surface area contributed by atoms with Crippen LogP contribution >= 0.6 is 15.9 Å². The predicted octanol–water partition coefficient (Wildman–Crippen LogP) is 4.17. The van der Waals surface area contributed by atoms with Gasteiger partial charge in [0.05, 0.1) is 23.8 Å². The minimum atomic E-state index is -0.501. The highest BCUT2D eigenvalue weighted by atomic mass is 79.9. The quantitative estimate of drug-likeness (QED) is 0.354. The molecule has 0 heterocycles. The maximum atomic E-state index is 12.0. The molecule has 7 heteroatoms. The van der Waals surface area contributed by atoms with E-state index in [-0.39, 0.29) is 11.5 Å². The summed E-state index contributed by atoms with van der Waals surface area (Å²) < 4.78 is 6.00. The summed E-state index contributed by atoms with van der Waals surface area (Å²) in [5, 5.41) is 13.6. The van der Waals surface area contributed by atoms with Crippen molar-refractivity contribution in [1.29, 1.82) is 0 Å². The van der Waals surface area contributed by atoms with Gasteiger partial charge in [-0.05, 0) is 30.3 Å². The largest absolute Gasteiger partial charge is 0.494 e. The van der Waals surface area contributed by atoms with Crippen molar-refractivity contribution >= 4 is 33.1 Å². The molecule has 6 nitrogen and oxygen atoms in total. The van der Waals surface area contributed by atoms with E-state index in [9.17, 15) is 14.9 Å². The second kappa shape index (κ2) is 7.55. The Balaban J connectivity index is 2.09.